The van der Waals surface area contributed by atoms with Crippen molar-refractivity contribution in [2.45, 2.75) is 32.1 Å². The minimum Gasteiger partial charge on any atom is -0.493 e. The predicted molar refractivity (Wildman–Crippen MR) is 129 cm³/mol. The Bertz CT molecular complexity index is 1210. The molecule has 2 aromatic heterocycles. The number of fused-ring (bicyclic) bond motifs is 1. The van der Waals surface area contributed by atoms with Crippen molar-refractivity contribution in [3.05, 3.63) is 59.8 Å². The summed E-state index contributed by atoms with van der Waals surface area (Å²) in [6.45, 7) is 8.02. The molecule has 9 heteroatoms. The van der Waals surface area contributed by atoms with Crippen LogP contribution in [-0.2, 0) is 4.79 Å². The highest BCUT2D eigenvalue weighted by molar-refractivity contribution is 5.95. The molecule has 1 amide bonds. The molecule has 0 spiro atoms. The third kappa shape index (κ3) is 3.98. The first kappa shape index (κ1) is 21.9. The molecule has 1 fully saturated rings. The van der Waals surface area contributed by atoms with Crippen LogP contribution < -0.4 is 19.7 Å². The van der Waals surface area contributed by atoms with Gasteiger partial charge in [-0.25, -0.2) is 0 Å². The molecule has 0 radical (unpaired) electrons. The number of amides is 1. The topological polar surface area (TPSA) is 94.4 Å². The minimum atomic E-state index is -0.170. The molecular weight excluding hydrogens is 432 g/mol. The van der Waals surface area contributed by atoms with Crippen molar-refractivity contribution >= 4 is 17.5 Å². The molecule has 2 aliphatic heterocycles. The number of methoxy groups -OCH3 is 1. The number of anilines is 2. The molecule has 34 heavy (non-hydrogen) atoms. The van der Waals surface area contributed by atoms with Crippen LogP contribution in [0.3, 0.4) is 0 Å². The van der Waals surface area contributed by atoms with E-state index in [1.807, 2.05) is 37.3 Å². The summed E-state index contributed by atoms with van der Waals surface area (Å²) in [5, 5.41) is 16.6. The van der Waals surface area contributed by atoms with Gasteiger partial charge in [0.2, 0.25) is 5.91 Å². The highest BCUT2D eigenvalue weighted by Gasteiger charge is 2.33. The Morgan fingerprint density at radius 3 is 2.62 bits per heavy atom. The Hall–Kier alpha value is -3.88. The molecule has 1 saturated heterocycles. The van der Waals surface area contributed by atoms with Crippen molar-refractivity contribution < 1.29 is 14.3 Å². The number of benzene rings is 1. The first-order valence-electron chi connectivity index (χ1n) is 11.5. The number of nitrogens with zero attached hydrogens (tertiary/aromatic N) is 5. The summed E-state index contributed by atoms with van der Waals surface area (Å²) in [7, 11) is 1.60. The minimum absolute atomic E-state index is 0.0775. The van der Waals surface area contributed by atoms with Crippen LogP contribution in [0.2, 0.25) is 0 Å². The number of aryl methyl sites for hydroxylation is 1. The van der Waals surface area contributed by atoms with E-state index in [9.17, 15) is 4.79 Å². The molecule has 0 saturated carbocycles. The van der Waals surface area contributed by atoms with Crippen molar-refractivity contribution in [3.63, 3.8) is 0 Å². The van der Waals surface area contributed by atoms with Gasteiger partial charge < -0.3 is 19.7 Å². The smallest absolute Gasteiger partial charge is 0.226 e. The first-order chi connectivity index (χ1) is 16.6. The van der Waals surface area contributed by atoms with Crippen LogP contribution in [0, 0.1) is 6.92 Å². The van der Waals surface area contributed by atoms with E-state index in [-0.39, 0.29) is 11.8 Å². The molecule has 1 aromatic carbocycles. The van der Waals surface area contributed by atoms with Gasteiger partial charge in [0.25, 0.3) is 0 Å². The molecule has 3 aromatic rings. The average Bonchev–Trinajstić information content (AvgIpc) is 3.51. The third-order valence-electron chi connectivity index (χ3n) is 6.33. The lowest BCUT2D eigenvalue weighted by molar-refractivity contribution is -0.116. The number of nitrogens with one attached hydrogen (secondary N) is 1. The van der Waals surface area contributed by atoms with Crippen LogP contribution in [0.4, 0.5) is 11.6 Å². The van der Waals surface area contributed by atoms with Crippen molar-refractivity contribution in [3.8, 4) is 17.3 Å². The van der Waals surface area contributed by atoms with Gasteiger partial charge >= 0.3 is 0 Å². The summed E-state index contributed by atoms with van der Waals surface area (Å²) in [5.74, 6) is 3.06. The van der Waals surface area contributed by atoms with E-state index < -0.39 is 0 Å². The summed E-state index contributed by atoms with van der Waals surface area (Å²) in [6.07, 6.45) is 4.35. The van der Waals surface area contributed by atoms with Gasteiger partial charge in [0.1, 0.15) is 12.4 Å². The summed E-state index contributed by atoms with van der Waals surface area (Å²) >= 11 is 0. The maximum atomic E-state index is 12.7. The van der Waals surface area contributed by atoms with Crippen molar-refractivity contribution in [1.82, 2.24) is 20.0 Å². The van der Waals surface area contributed by atoms with Crippen LogP contribution in [0.25, 0.3) is 5.82 Å². The molecule has 4 heterocycles. The average molecular weight is 461 g/mol. The molecule has 2 aliphatic rings. The van der Waals surface area contributed by atoms with Gasteiger partial charge in [-0.2, -0.15) is 9.78 Å². The van der Waals surface area contributed by atoms with E-state index in [2.05, 4.69) is 27.0 Å². The second-order valence-corrected chi connectivity index (χ2v) is 8.52. The largest absolute Gasteiger partial charge is 0.493 e. The van der Waals surface area contributed by atoms with E-state index in [1.165, 1.54) is 12.8 Å². The lowest BCUT2D eigenvalue weighted by Crippen LogP contribution is -2.25. The highest BCUT2D eigenvalue weighted by atomic mass is 16.5. The number of hydrogen-bond donors (Lipinski definition) is 1. The van der Waals surface area contributed by atoms with Crippen LogP contribution in [0.15, 0.2) is 43.0 Å². The third-order valence-corrected chi connectivity index (χ3v) is 6.33. The molecule has 9 nitrogen and oxygen atoms in total. The van der Waals surface area contributed by atoms with Gasteiger partial charge in [-0.3, -0.25) is 4.79 Å². The zero-order chi connectivity index (χ0) is 23.7. The molecule has 1 N–H and O–H groups in total. The quantitative estimate of drug-likeness (QED) is 0.538. The fourth-order valence-corrected chi connectivity index (χ4v) is 4.71. The summed E-state index contributed by atoms with van der Waals surface area (Å²) in [6, 6.07) is 9.62. The molecule has 0 unspecified atom stereocenters. The van der Waals surface area contributed by atoms with E-state index in [0.717, 1.165) is 35.7 Å². The van der Waals surface area contributed by atoms with E-state index >= 15 is 0 Å². The fourth-order valence-electron chi connectivity index (χ4n) is 4.71. The second kappa shape index (κ2) is 9.17. The predicted octanol–water partition coefficient (Wildman–Crippen LogP) is 3.62. The van der Waals surface area contributed by atoms with Crippen LogP contribution >= 0.6 is 0 Å². The Labute approximate surface area is 198 Å². The second-order valence-electron chi connectivity index (χ2n) is 8.52. The Balaban J connectivity index is 1.50. The van der Waals surface area contributed by atoms with Crippen LogP contribution in [-0.4, -0.2) is 52.7 Å². The Kier molecular flexibility index (Phi) is 5.91. The zero-order valence-corrected chi connectivity index (χ0v) is 19.5. The van der Waals surface area contributed by atoms with Crippen LogP contribution in [0.5, 0.6) is 11.5 Å². The van der Waals surface area contributed by atoms with Crippen LogP contribution in [0.1, 0.15) is 42.0 Å². The maximum absolute atomic E-state index is 12.7. The van der Waals surface area contributed by atoms with Gasteiger partial charge in [0, 0.05) is 31.0 Å². The fraction of sp³-hybridized carbons (Fsp3) is 0.360. The number of carbonyl (C=O) groups excluding carboxylic acids is 1. The van der Waals surface area contributed by atoms with Gasteiger partial charge in [-0.1, -0.05) is 18.7 Å². The molecule has 0 aliphatic carbocycles. The Morgan fingerprint density at radius 2 is 1.91 bits per heavy atom. The van der Waals surface area contributed by atoms with E-state index in [4.69, 9.17) is 14.6 Å². The standard InChI is InChI=1S/C25H28N6O3/c1-4-13-34-19-8-7-17(14-20(19)33-3)18-15-23(32)26-25-24(18)16(2)29-31(25)22-10-9-21(27-28-22)30-11-5-6-12-30/h4,7-10,14,18H,1,5-6,11-13,15H2,2-3H3,(H,26,32)/t18-/m1/s1. The van der Waals surface area contributed by atoms with Crippen molar-refractivity contribution in [2.24, 2.45) is 0 Å². The molecule has 5 rings (SSSR count). The van der Waals surface area contributed by atoms with E-state index in [0.29, 0.717) is 36.2 Å². The lowest BCUT2D eigenvalue weighted by Gasteiger charge is -2.25. The number of carbonyl (C=O) groups is 1. The van der Waals surface area contributed by atoms with Crippen molar-refractivity contribution in [1.29, 1.82) is 0 Å². The lowest BCUT2D eigenvalue weighted by atomic mass is 9.85. The first-order valence-corrected chi connectivity index (χ1v) is 11.5. The molecular formula is C25H28N6O3. The summed E-state index contributed by atoms with van der Waals surface area (Å²) in [5.41, 5.74) is 2.75. The monoisotopic (exact) mass is 460 g/mol. The van der Waals surface area contributed by atoms with Gasteiger partial charge in [0.15, 0.2) is 23.1 Å². The van der Waals surface area contributed by atoms with Gasteiger partial charge in [-0.05, 0) is 49.6 Å². The summed E-state index contributed by atoms with van der Waals surface area (Å²) in [4.78, 5) is 15.0. The number of hydrogen-bond acceptors (Lipinski definition) is 7. The normalized spacial score (nSPS) is 17.3. The maximum Gasteiger partial charge on any atom is 0.226 e. The van der Waals surface area contributed by atoms with E-state index in [1.54, 1.807) is 17.9 Å². The zero-order valence-electron chi connectivity index (χ0n) is 19.5. The van der Waals surface area contributed by atoms with Gasteiger partial charge in [-0.15, -0.1) is 10.2 Å². The SMILES string of the molecule is C=CCOc1ccc([C@H]2CC(=O)Nc3c2c(C)nn3-c2ccc(N3CCCC3)nn2)cc1OC. The molecule has 1 atom stereocenters. The summed E-state index contributed by atoms with van der Waals surface area (Å²) < 4.78 is 12.9. The number of ether oxygens (including phenoxy) is 2. The van der Waals surface area contributed by atoms with Crippen molar-refractivity contribution in [2.75, 3.05) is 37.0 Å². The number of aromatic nitrogens is 4. The highest BCUT2D eigenvalue weighted by Crippen LogP contribution is 2.42. The Morgan fingerprint density at radius 1 is 1.15 bits per heavy atom. The van der Waals surface area contributed by atoms with Gasteiger partial charge in [0.05, 0.1) is 12.8 Å². The number of rotatable bonds is 7. The molecule has 176 valence electrons. The molecule has 0 bridgehead atoms.